The summed E-state index contributed by atoms with van der Waals surface area (Å²) >= 11 is 0. The highest BCUT2D eigenvalue weighted by molar-refractivity contribution is 5.94. The smallest absolute Gasteiger partial charge is 0.181 e. The Balaban J connectivity index is 1.83. The Labute approximate surface area is 116 Å². The predicted octanol–water partition coefficient (Wildman–Crippen LogP) is 3.26. The van der Waals surface area contributed by atoms with Gasteiger partial charge in [0.15, 0.2) is 5.78 Å². The van der Waals surface area contributed by atoms with Crippen molar-refractivity contribution in [1.29, 1.82) is 0 Å². The molecular formula is C16H24N2O. The normalized spacial score (nSPS) is 16.2. The molecular weight excluding hydrogens is 236 g/mol. The van der Waals surface area contributed by atoms with E-state index in [-0.39, 0.29) is 5.78 Å². The van der Waals surface area contributed by atoms with Crippen molar-refractivity contribution in [2.75, 3.05) is 19.6 Å². The van der Waals surface area contributed by atoms with Crippen LogP contribution in [0.1, 0.15) is 61.5 Å². The summed E-state index contributed by atoms with van der Waals surface area (Å²) in [5.74, 6) is 0.626. The highest BCUT2D eigenvalue weighted by Gasteiger charge is 2.13. The lowest BCUT2D eigenvalue weighted by Gasteiger charge is -2.13. The molecule has 0 atom stereocenters. The van der Waals surface area contributed by atoms with Gasteiger partial charge in [0, 0.05) is 12.6 Å². The molecule has 1 aliphatic rings. The lowest BCUT2D eigenvalue weighted by atomic mass is 10.0. The molecule has 2 heterocycles. The van der Waals surface area contributed by atoms with Crippen molar-refractivity contribution >= 4 is 5.78 Å². The minimum atomic E-state index is 0.182. The van der Waals surface area contributed by atoms with Crippen LogP contribution < -0.4 is 0 Å². The molecule has 0 bridgehead atoms. The Hall–Kier alpha value is -1.22. The lowest BCUT2D eigenvalue weighted by molar-refractivity contribution is 0.0971. The first-order valence-corrected chi connectivity index (χ1v) is 7.38. The van der Waals surface area contributed by atoms with Gasteiger partial charge in [-0.2, -0.15) is 0 Å². The molecule has 1 aromatic heterocycles. The molecule has 0 radical (unpaired) electrons. The van der Waals surface area contributed by atoms with Crippen LogP contribution >= 0.6 is 0 Å². The summed E-state index contributed by atoms with van der Waals surface area (Å²) in [6, 6.07) is 3.94. The second-order valence-corrected chi connectivity index (χ2v) is 5.70. The number of Topliss-reactive ketones (excluding diaryl/α,β-unsaturated/α-hetero) is 1. The average Bonchev–Trinajstić information content (AvgIpc) is 2.92. The van der Waals surface area contributed by atoms with E-state index in [0.717, 1.165) is 13.0 Å². The molecule has 0 aromatic carbocycles. The van der Waals surface area contributed by atoms with Gasteiger partial charge in [-0.05, 0) is 62.5 Å². The number of ketones is 1. The number of hydrogen-bond donors (Lipinski definition) is 0. The maximum Gasteiger partial charge on any atom is 0.181 e. The van der Waals surface area contributed by atoms with E-state index in [4.69, 9.17) is 0 Å². The van der Waals surface area contributed by atoms with Crippen molar-refractivity contribution in [3.63, 3.8) is 0 Å². The van der Waals surface area contributed by atoms with Gasteiger partial charge < -0.3 is 4.90 Å². The van der Waals surface area contributed by atoms with Crippen LogP contribution in [0.15, 0.2) is 18.3 Å². The van der Waals surface area contributed by atoms with Crippen LogP contribution in [0.5, 0.6) is 0 Å². The molecule has 1 fully saturated rings. The maximum atomic E-state index is 12.1. The monoisotopic (exact) mass is 260 g/mol. The molecule has 104 valence electrons. The fourth-order valence-electron chi connectivity index (χ4n) is 2.56. The van der Waals surface area contributed by atoms with Crippen molar-refractivity contribution in [1.82, 2.24) is 9.88 Å². The second kappa shape index (κ2) is 6.80. The van der Waals surface area contributed by atoms with Crippen LogP contribution in [0.3, 0.4) is 0 Å². The first-order chi connectivity index (χ1) is 9.16. The Kier molecular flexibility index (Phi) is 5.08. The SMILES string of the molecule is CC(C)c1ccnc(C(=O)CCCN2CCCC2)c1. The van der Waals surface area contributed by atoms with Crippen molar-refractivity contribution in [3.05, 3.63) is 29.6 Å². The summed E-state index contributed by atoms with van der Waals surface area (Å²) in [6.45, 7) is 7.73. The first-order valence-electron chi connectivity index (χ1n) is 7.38. The summed E-state index contributed by atoms with van der Waals surface area (Å²) in [4.78, 5) is 18.8. The summed E-state index contributed by atoms with van der Waals surface area (Å²) in [7, 11) is 0. The number of carbonyl (C=O) groups excluding carboxylic acids is 1. The van der Waals surface area contributed by atoms with E-state index in [0.29, 0.717) is 18.0 Å². The van der Waals surface area contributed by atoms with Gasteiger partial charge in [0.05, 0.1) is 0 Å². The van der Waals surface area contributed by atoms with E-state index < -0.39 is 0 Å². The van der Waals surface area contributed by atoms with E-state index in [9.17, 15) is 4.79 Å². The highest BCUT2D eigenvalue weighted by Crippen LogP contribution is 2.15. The van der Waals surface area contributed by atoms with Gasteiger partial charge in [-0.15, -0.1) is 0 Å². The number of aromatic nitrogens is 1. The molecule has 1 saturated heterocycles. The Morgan fingerprint density at radius 2 is 2.11 bits per heavy atom. The first kappa shape index (κ1) is 14.2. The van der Waals surface area contributed by atoms with Crippen molar-refractivity contribution in [2.24, 2.45) is 0 Å². The molecule has 3 heteroatoms. The molecule has 1 aromatic rings. The molecule has 0 unspecified atom stereocenters. The van der Waals surface area contributed by atoms with E-state index in [1.165, 1.54) is 31.5 Å². The number of nitrogens with zero attached hydrogens (tertiary/aromatic N) is 2. The van der Waals surface area contributed by atoms with Gasteiger partial charge >= 0.3 is 0 Å². The Bertz CT molecular complexity index is 423. The van der Waals surface area contributed by atoms with Gasteiger partial charge in [-0.1, -0.05) is 13.8 Å². The average molecular weight is 260 g/mol. The van der Waals surface area contributed by atoms with Crippen LogP contribution in [-0.4, -0.2) is 35.3 Å². The maximum absolute atomic E-state index is 12.1. The summed E-state index contributed by atoms with van der Waals surface area (Å²) in [5.41, 5.74) is 1.82. The summed E-state index contributed by atoms with van der Waals surface area (Å²) < 4.78 is 0. The Morgan fingerprint density at radius 3 is 2.79 bits per heavy atom. The minimum absolute atomic E-state index is 0.182. The molecule has 0 saturated carbocycles. The van der Waals surface area contributed by atoms with Gasteiger partial charge in [0.25, 0.3) is 0 Å². The summed E-state index contributed by atoms with van der Waals surface area (Å²) in [5, 5.41) is 0. The van der Waals surface area contributed by atoms with Gasteiger partial charge in [0.1, 0.15) is 5.69 Å². The fourth-order valence-corrected chi connectivity index (χ4v) is 2.56. The van der Waals surface area contributed by atoms with Gasteiger partial charge in [0.2, 0.25) is 0 Å². The fraction of sp³-hybridized carbons (Fsp3) is 0.625. The number of rotatable bonds is 6. The number of carbonyl (C=O) groups is 1. The second-order valence-electron chi connectivity index (χ2n) is 5.70. The Morgan fingerprint density at radius 1 is 1.37 bits per heavy atom. The van der Waals surface area contributed by atoms with Crippen LogP contribution in [0.4, 0.5) is 0 Å². The molecule has 3 nitrogen and oxygen atoms in total. The third-order valence-electron chi connectivity index (χ3n) is 3.81. The van der Waals surface area contributed by atoms with Gasteiger partial charge in [-0.3, -0.25) is 9.78 Å². The quantitative estimate of drug-likeness (QED) is 0.736. The topological polar surface area (TPSA) is 33.2 Å². The van der Waals surface area contributed by atoms with Crippen LogP contribution in [0, 0.1) is 0 Å². The van der Waals surface area contributed by atoms with E-state index >= 15 is 0 Å². The van der Waals surface area contributed by atoms with Crippen molar-refractivity contribution < 1.29 is 4.79 Å². The van der Waals surface area contributed by atoms with Crippen LogP contribution in [0.25, 0.3) is 0 Å². The third-order valence-corrected chi connectivity index (χ3v) is 3.81. The van der Waals surface area contributed by atoms with E-state index in [1.54, 1.807) is 6.20 Å². The number of hydrogen-bond acceptors (Lipinski definition) is 3. The minimum Gasteiger partial charge on any atom is -0.303 e. The lowest BCUT2D eigenvalue weighted by Crippen LogP contribution is -2.21. The van der Waals surface area contributed by atoms with Crippen LogP contribution in [-0.2, 0) is 0 Å². The zero-order valence-electron chi connectivity index (χ0n) is 12.1. The molecule has 2 rings (SSSR count). The number of likely N-dealkylation sites (tertiary alicyclic amines) is 1. The van der Waals surface area contributed by atoms with Crippen molar-refractivity contribution in [3.8, 4) is 0 Å². The predicted molar refractivity (Wildman–Crippen MR) is 77.6 cm³/mol. The summed E-state index contributed by atoms with van der Waals surface area (Å²) in [6.07, 6.45) is 5.94. The van der Waals surface area contributed by atoms with E-state index in [2.05, 4.69) is 23.7 Å². The van der Waals surface area contributed by atoms with E-state index in [1.807, 2.05) is 12.1 Å². The molecule has 0 N–H and O–H groups in total. The molecule has 19 heavy (non-hydrogen) atoms. The molecule has 0 amide bonds. The van der Waals surface area contributed by atoms with Gasteiger partial charge in [-0.25, -0.2) is 0 Å². The van der Waals surface area contributed by atoms with Crippen molar-refractivity contribution in [2.45, 2.75) is 45.4 Å². The largest absolute Gasteiger partial charge is 0.303 e. The van der Waals surface area contributed by atoms with Crippen LogP contribution in [0.2, 0.25) is 0 Å². The zero-order chi connectivity index (χ0) is 13.7. The molecule has 0 spiro atoms. The molecule has 0 aliphatic carbocycles. The number of pyridine rings is 1. The zero-order valence-corrected chi connectivity index (χ0v) is 12.1. The standard InChI is InChI=1S/C16H24N2O/c1-13(2)14-7-8-17-15(12-14)16(19)6-5-11-18-9-3-4-10-18/h7-8,12-13H,3-6,9-11H2,1-2H3. The molecule has 1 aliphatic heterocycles. The third kappa shape index (κ3) is 4.13. The highest BCUT2D eigenvalue weighted by atomic mass is 16.1.